The molecule has 39 heavy (non-hydrogen) atoms. The molecular weight excluding hydrogens is 528 g/mol. The second-order valence-electron chi connectivity index (χ2n) is 9.96. The average molecular weight is 580 g/mol. The van der Waals surface area contributed by atoms with Gasteiger partial charge < -0.3 is 29.7 Å². The van der Waals surface area contributed by atoms with Crippen LogP contribution >= 0.6 is 7.60 Å². The maximum Gasteiger partial charge on any atom is 0.353 e. The SMILES string of the molecule is Nc1ccn(C[C@@H](CO)OCP(=O)(O)OCCCOCCCCCCCCCCCCCCCCF)c(=O)n1. The molecule has 12 heteroatoms. The van der Waals surface area contributed by atoms with E-state index in [9.17, 15) is 23.7 Å². The van der Waals surface area contributed by atoms with Gasteiger partial charge in [0.2, 0.25) is 0 Å². The fourth-order valence-corrected chi connectivity index (χ4v) is 4.98. The number of rotatable bonds is 27. The Morgan fingerprint density at radius 3 is 1.97 bits per heavy atom. The Labute approximate surface area is 233 Å². The number of nitrogens with zero attached hydrogens (tertiary/aromatic N) is 2. The number of halogens is 1. The van der Waals surface area contributed by atoms with Crippen LogP contribution in [-0.2, 0) is 25.1 Å². The summed E-state index contributed by atoms with van der Waals surface area (Å²) >= 11 is 0. The molecule has 0 aromatic carbocycles. The second-order valence-corrected chi connectivity index (χ2v) is 11.8. The molecule has 0 aliphatic heterocycles. The van der Waals surface area contributed by atoms with Gasteiger partial charge in [-0.3, -0.25) is 13.5 Å². The Morgan fingerprint density at radius 1 is 0.897 bits per heavy atom. The lowest BCUT2D eigenvalue weighted by Crippen LogP contribution is -2.32. The molecule has 0 fully saturated rings. The van der Waals surface area contributed by atoms with E-state index in [1.165, 1.54) is 81.0 Å². The summed E-state index contributed by atoms with van der Waals surface area (Å²) in [6, 6.07) is 1.44. The molecule has 4 N–H and O–H groups in total. The molecule has 0 spiro atoms. The van der Waals surface area contributed by atoms with E-state index in [-0.39, 0.29) is 25.6 Å². The molecule has 0 bridgehead atoms. The molecule has 228 valence electrons. The minimum absolute atomic E-state index is 0.0402. The first-order valence-corrected chi connectivity index (χ1v) is 16.3. The van der Waals surface area contributed by atoms with E-state index in [0.717, 1.165) is 25.7 Å². The maximum absolute atomic E-state index is 12.2. The molecular formula is C27H51FN3O7P. The van der Waals surface area contributed by atoms with Crippen LogP contribution in [0, 0.1) is 0 Å². The summed E-state index contributed by atoms with van der Waals surface area (Å²) in [5, 5.41) is 9.46. The number of aromatic nitrogens is 2. The quantitative estimate of drug-likeness (QED) is 0.0945. The van der Waals surface area contributed by atoms with Gasteiger partial charge in [-0.2, -0.15) is 4.98 Å². The van der Waals surface area contributed by atoms with Crippen LogP contribution in [0.1, 0.15) is 96.3 Å². The van der Waals surface area contributed by atoms with Crippen LogP contribution in [0.2, 0.25) is 0 Å². The first-order valence-electron chi connectivity index (χ1n) is 14.5. The normalized spacial score (nSPS) is 13.9. The maximum atomic E-state index is 12.2. The molecule has 0 saturated carbocycles. The Morgan fingerprint density at radius 2 is 1.44 bits per heavy atom. The third kappa shape index (κ3) is 20.2. The standard InChI is InChI=1S/C27H51FN3O7P/c28-17-13-11-9-7-5-3-1-2-4-6-8-10-12-14-19-36-20-15-21-38-39(34,35)24-37-25(23-32)22-31-18-16-26(29)30-27(31)33/h16,18,25,32H,1-15,17,19-24H2,(H,34,35)(H2,29,30,33)/t25-/m0/s1. The van der Waals surface area contributed by atoms with Crippen molar-refractivity contribution < 1.29 is 33.0 Å². The number of nitrogens with two attached hydrogens (primary N) is 1. The summed E-state index contributed by atoms with van der Waals surface area (Å²) in [7, 11) is -4.00. The molecule has 1 aromatic heterocycles. The third-order valence-corrected chi connectivity index (χ3v) is 7.43. The molecule has 0 amide bonds. The van der Waals surface area contributed by atoms with Gasteiger partial charge in [0.15, 0.2) is 0 Å². The number of hydrogen-bond acceptors (Lipinski definition) is 8. The van der Waals surface area contributed by atoms with E-state index in [4.69, 9.17) is 19.7 Å². The highest BCUT2D eigenvalue weighted by Gasteiger charge is 2.22. The zero-order valence-electron chi connectivity index (χ0n) is 23.5. The second kappa shape index (κ2) is 23.4. The fraction of sp³-hybridized carbons (Fsp3) is 0.852. The van der Waals surface area contributed by atoms with Crippen molar-refractivity contribution in [3.8, 4) is 0 Å². The van der Waals surface area contributed by atoms with Crippen molar-refractivity contribution >= 4 is 13.4 Å². The van der Waals surface area contributed by atoms with Gasteiger partial charge in [-0.05, 0) is 25.3 Å². The van der Waals surface area contributed by atoms with E-state index in [2.05, 4.69) is 4.98 Å². The summed E-state index contributed by atoms with van der Waals surface area (Å²) in [5.41, 5.74) is 4.84. The van der Waals surface area contributed by atoms with Gasteiger partial charge in [0.25, 0.3) is 0 Å². The van der Waals surface area contributed by atoms with Crippen molar-refractivity contribution in [2.24, 2.45) is 0 Å². The van der Waals surface area contributed by atoms with E-state index >= 15 is 0 Å². The topological polar surface area (TPSA) is 146 Å². The van der Waals surface area contributed by atoms with Crippen molar-refractivity contribution in [3.05, 3.63) is 22.7 Å². The highest BCUT2D eigenvalue weighted by Crippen LogP contribution is 2.42. The lowest BCUT2D eigenvalue weighted by atomic mass is 10.0. The summed E-state index contributed by atoms with van der Waals surface area (Å²) in [4.78, 5) is 25.3. The number of aliphatic hydroxyl groups is 1. The van der Waals surface area contributed by atoms with Crippen LogP contribution in [0.5, 0.6) is 0 Å². The Balaban J connectivity index is 1.92. The van der Waals surface area contributed by atoms with Gasteiger partial charge in [-0.1, -0.05) is 77.0 Å². The molecule has 1 unspecified atom stereocenters. The third-order valence-electron chi connectivity index (χ3n) is 6.37. The number of anilines is 1. The number of hydrogen-bond donors (Lipinski definition) is 3. The molecule has 2 atom stereocenters. The Bertz CT molecular complexity index is 831. The highest BCUT2D eigenvalue weighted by molar-refractivity contribution is 7.52. The van der Waals surface area contributed by atoms with Crippen LogP contribution < -0.4 is 11.4 Å². The Kier molecular flexibility index (Phi) is 21.4. The van der Waals surface area contributed by atoms with E-state index in [0.29, 0.717) is 19.6 Å². The summed E-state index contributed by atoms with van der Waals surface area (Å²) in [5.74, 6) is 0.0815. The van der Waals surface area contributed by atoms with Gasteiger partial charge in [0.1, 0.15) is 12.2 Å². The number of aliphatic hydroxyl groups excluding tert-OH is 1. The number of unbranched alkanes of at least 4 members (excludes halogenated alkanes) is 13. The number of nitrogen functional groups attached to an aromatic ring is 1. The molecule has 1 aromatic rings. The predicted molar refractivity (Wildman–Crippen MR) is 152 cm³/mol. The molecule has 0 saturated heterocycles. The molecule has 0 radical (unpaired) electrons. The van der Waals surface area contributed by atoms with Crippen LogP contribution in [-0.4, -0.2) is 65.1 Å². The average Bonchev–Trinajstić information content (AvgIpc) is 2.91. The first kappa shape index (κ1) is 35.7. The van der Waals surface area contributed by atoms with Gasteiger partial charge in [-0.15, -0.1) is 0 Å². The van der Waals surface area contributed by atoms with Crippen LogP contribution in [0.4, 0.5) is 10.2 Å². The van der Waals surface area contributed by atoms with Crippen molar-refractivity contribution in [2.45, 2.75) is 109 Å². The highest BCUT2D eigenvalue weighted by atomic mass is 31.2. The summed E-state index contributed by atoms with van der Waals surface area (Å²) in [6.45, 7) is 0.508. The van der Waals surface area contributed by atoms with Gasteiger partial charge in [0.05, 0.1) is 32.5 Å². The van der Waals surface area contributed by atoms with Crippen molar-refractivity contribution in [1.82, 2.24) is 9.55 Å². The zero-order chi connectivity index (χ0) is 28.6. The smallest absolute Gasteiger partial charge is 0.353 e. The lowest BCUT2D eigenvalue weighted by molar-refractivity contribution is 0.0162. The first-order chi connectivity index (χ1) is 18.9. The molecule has 10 nitrogen and oxygen atoms in total. The van der Waals surface area contributed by atoms with Crippen molar-refractivity contribution in [2.75, 3.05) is 45.2 Å². The van der Waals surface area contributed by atoms with Crippen molar-refractivity contribution in [1.29, 1.82) is 0 Å². The molecule has 0 aliphatic carbocycles. The van der Waals surface area contributed by atoms with Gasteiger partial charge in [-0.25, -0.2) is 4.79 Å². The van der Waals surface area contributed by atoms with Gasteiger partial charge >= 0.3 is 13.3 Å². The Hall–Kier alpha value is -1.36. The summed E-state index contributed by atoms with van der Waals surface area (Å²) in [6.07, 6.45) is 17.0. The van der Waals surface area contributed by atoms with Gasteiger partial charge in [0, 0.05) is 19.4 Å². The lowest BCUT2D eigenvalue weighted by Gasteiger charge is -2.19. The fourth-order valence-electron chi connectivity index (χ4n) is 4.09. The number of alkyl halides is 1. The molecule has 1 rings (SSSR count). The monoisotopic (exact) mass is 579 g/mol. The number of ether oxygens (including phenoxy) is 2. The largest absolute Gasteiger partial charge is 0.394 e. The van der Waals surface area contributed by atoms with E-state index in [1.807, 2.05) is 0 Å². The van der Waals surface area contributed by atoms with Crippen LogP contribution in [0.3, 0.4) is 0 Å². The molecule has 0 aliphatic rings. The minimum Gasteiger partial charge on any atom is -0.394 e. The van der Waals surface area contributed by atoms with Crippen LogP contribution in [0.15, 0.2) is 17.1 Å². The predicted octanol–water partition coefficient (Wildman–Crippen LogP) is 5.20. The molecule has 1 heterocycles. The van der Waals surface area contributed by atoms with E-state index in [1.54, 1.807) is 0 Å². The summed E-state index contributed by atoms with van der Waals surface area (Å²) < 4.78 is 41.3. The van der Waals surface area contributed by atoms with Crippen LogP contribution in [0.25, 0.3) is 0 Å². The van der Waals surface area contributed by atoms with E-state index < -0.39 is 32.3 Å². The van der Waals surface area contributed by atoms with Crippen molar-refractivity contribution in [3.63, 3.8) is 0 Å². The zero-order valence-corrected chi connectivity index (χ0v) is 24.4. The minimum atomic E-state index is -4.00.